The van der Waals surface area contributed by atoms with Gasteiger partial charge in [0, 0.05) is 6.42 Å². The first-order chi connectivity index (χ1) is 7.72. The van der Waals surface area contributed by atoms with E-state index in [1.807, 2.05) is 0 Å². The molecule has 0 unspecified atom stereocenters. The Kier molecular flexibility index (Phi) is 6.51. The number of carbonyl (C=O) groups is 1. The van der Waals surface area contributed by atoms with Crippen molar-refractivity contribution in [1.82, 2.24) is 0 Å². The van der Waals surface area contributed by atoms with Crippen LogP contribution in [0.4, 0.5) is 0 Å². The van der Waals surface area contributed by atoms with E-state index in [1.165, 1.54) is 44.9 Å². The molecule has 16 heavy (non-hydrogen) atoms. The highest BCUT2D eigenvalue weighted by Crippen LogP contribution is 2.33. The van der Waals surface area contributed by atoms with Crippen LogP contribution in [0.15, 0.2) is 0 Å². The first kappa shape index (κ1) is 13.5. The Morgan fingerprint density at radius 1 is 1.06 bits per heavy atom. The van der Waals surface area contributed by atoms with Gasteiger partial charge in [0.2, 0.25) is 0 Å². The third-order valence-electron chi connectivity index (χ3n) is 3.90. The van der Waals surface area contributed by atoms with E-state index in [0.29, 0.717) is 12.3 Å². The fraction of sp³-hybridized carbons (Fsp3) is 0.929. The molecule has 0 amide bonds. The van der Waals surface area contributed by atoms with Crippen molar-refractivity contribution < 1.29 is 9.90 Å². The van der Waals surface area contributed by atoms with Crippen LogP contribution in [0, 0.1) is 11.8 Å². The smallest absolute Gasteiger partial charge is 0.303 e. The predicted octanol–water partition coefficient (Wildman–Crippen LogP) is 4.24. The summed E-state index contributed by atoms with van der Waals surface area (Å²) in [6.45, 7) is 2.25. The number of unbranched alkanes of at least 4 members (excludes halogenated alkanes) is 3. The molecule has 0 radical (unpaired) electrons. The molecule has 0 bridgehead atoms. The van der Waals surface area contributed by atoms with E-state index in [9.17, 15) is 4.79 Å². The average molecular weight is 226 g/mol. The predicted molar refractivity (Wildman–Crippen MR) is 66.5 cm³/mol. The summed E-state index contributed by atoms with van der Waals surface area (Å²) in [6, 6.07) is 0. The Bertz CT molecular complexity index is 193. The summed E-state index contributed by atoms with van der Waals surface area (Å²) in [6.07, 6.45) is 12.0. The van der Waals surface area contributed by atoms with Crippen molar-refractivity contribution in [3.05, 3.63) is 0 Å². The lowest BCUT2D eigenvalue weighted by Crippen LogP contribution is -2.17. The van der Waals surface area contributed by atoms with Gasteiger partial charge in [0.05, 0.1) is 0 Å². The molecule has 1 rings (SSSR count). The van der Waals surface area contributed by atoms with Gasteiger partial charge in [-0.3, -0.25) is 4.79 Å². The monoisotopic (exact) mass is 226 g/mol. The molecule has 94 valence electrons. The van der Waals surface area contributed by atoms with E-state index < -0.39 is 5.97 Å². The molecule has 0 heterocycles. The number of carboxylic acid groups (broad SMARTS) is 1. The molecule has 1 saturated carbocycles. The Labute approximate surface area is 99.4 Å². The Hall–Kier alpha value is -0.530. The molecular weight excluding hydrogens is 200 g/mol. The minimum absolute atomic E-state index is 0.391. The molecule has 0 aromatic rings. The van der Waals surface area contributed by atoms with E-state index in [0.717, 1.165) is 18.8 Å². The van der Waals surface area contributed by atoms with Crippen molar-refractivity contribution in [2.75, 3.05) is 0 Å². The van der Waals surface area contributed by atoms with E-state index in [4.69, 9.17) is 5.11 Å². The molecule has 0 saturated heterocycles. The Morgan fingerprint density at radius 2 is 1.69 bits per heavy atom. The van der Waals surface area contributed by atoms with Gasteiger partial charge >= 0.3 is 5.97 Å². The number of hydrogen-bond donors (Lipinski definition) is 1. The molecule has 0 atom stereocenters. The quantitative estimate of drug-likeness (QED) is 0.659. The first-order valence-corrected chi connectivity index (χ1v) is 6.94. The highest BCUT2D eigenvalue weighted by Gasteiger charge is 2.22. The molecule has 1 fully saturated rings. The van der Waals surface area contributed by atoms with Crippen LogP contribution in [0.3, 0.4) is 0 Å². The van der Waals surface area contributed by atoms with Crippen LogP contribution in [-0.2, 0) is 4.79 Å². The Balaban J connectivity index is 2.05. The average Bonchev–Trinajstić information content (AvgIpc) is 2.26. The number of hydrogen-bond acceptors (Lipinski definition) is 1. The van der Waals surface area contributed by atoms with Gasteiger partial charge in [0.25, 0.3) is 0 Å². The molecule has 0 aromatic carbocycles. The molecule has 2 heteroatoms. The maximum atomic E-state index is 10.6. The third kappa shape index (κ3) is 5.53. The van der Waals surface area contributed by atoms with Gasteiger partial charge < -0.3 is 5.11 Å². The molecule has 0 spiro atoms. The number of carboxylic acids is 1. The van der Waals surface area contributed by atoms with Crippen LogP contribution < -0.4 is 0 Å². The minimum atomic E-state index is -0.619. The van der Waals surface area contributed by atoms with Crippen LogP contribution in [-0.4, -0.2) is 11.1 Å². The minimum Gasteiger partial charge on any atom is -0.481 e. The first-order valence-electron chi connectivity index (χ1n) is 6.94. The molecule has 1 aliphatic rings. The summed E-state index contributed by atoms with van der Waals surface area (Å²) in [4.78, 5) is 10.6. The van der Waals surface area contributed by atoms with Crippen molar-refractivity contribution in [3.63, 3.8) is 0 Å². The van der Waals surface area contributed by atoms with E-state index in [2.05, 4.69) is 6.92 Å². The van der Waals surface area contributed by atoms with Gasteiger partial charge in [0.1, 0.15) is 0 Å². The van der Waals surface area contributed by atoms with Crippen LogP contribution in [0.1, 0.15) is 71.1 Å². The van der Waals surface area contributed by atoms with E-state index >= 15 is 0 Å². The van der Waals surface area contributed by atoms with Crippen molar-refractivity contribution in [2.45, 2.75) is 71.1 Å². The number of aliphatic carboxylic acids is 1. The second-order valence-electron chi connectivity index (χ2n) is 5.33. The van der Waals surface area contributed by atoms with Crippen LogP contribution in [0.2, 0.25) is 0 Å². The summed E-state index contributed by atoms with van der Waals surface area (Å²) >= 11 is 0. The highest BCUT2D eigenvalue weighted by molar-refractivity contribution is 5.67. The zero-order chi connectivity index (χ0) is 11.8. The summed E-state index contributed by atoms with van der Waals surface area (Å²) < 4.78 is 0. The molecule has 0 aliphatic heterocycles. The van der Waals surface area contributed by atoms with Gasteiger partial charge in [-0.15, -0.1) is 0 Å². The maximum Gasteiger partial charge on any atom is 0.303 e. The highest BCUT2D eigenvalue weighted by atomic mass is 16.4. The van der Waals surface area contributed by atoms with Crippen molar-refractivity contribution in [1.29, 1.82) is 0 Å². The lowest BCUT2D eigenvalue weighted by atomic mass is 9.78. The second-order valence-corrected chi connectivity index (χ2v) is 5.33. The lowest BCUT2D eigenvalue weighted by molar-refractivity contribution is -0.138. The summed E-state index contributed by atoms with van der Waals surface area (Å²) in [5.74, 6) is 0.734. The van der Waals surface area contributed by atoms with Crippen molar-refractivity contribution in [3.8, 4) is 0 Å². The topological polar surface area (TPSA) is 37.3 Å². The largest absolute Gasteiger partial charge is 0.481 e. The summed E-state index contributed by atoms with van der Waals surface area (Å²) in [7, 11) is 0. The van der Waals surface area contributed by atoms with E-state index in [-0.39, 0.29) is 0 Å². The van der Waals surface area contributed by atoms with Gasteiger partial charge in [0.15, 0.2) is 0 Å². The summed E-state index contributed by atoms with van der Waals surface area (Å²) in [5, 5.41) is 8.73. The Morgan fingerprint density at radius 3 is 2.25 bits per heavy atom. The van der Waals surface area contributed by atoms with Crippen molar-refractivity contribution >= 4 is 5.97 Å². The molecule has 1 aliphatic carbocycles. The maximum absolute atomic E-state index is 10.6. The zero-order valence-corrected chi connectivity index (χ0v) is 10.6. The normalized spacial score (nSPS) is 25.6. The van der Waals surface area contributed by atoms with Crippen LogP contribution >= 0.6 is 0 Å². The van der Waals surface area contributed by atoms with Gasteiger partial charge in [-0.1, -0.05) is 51.9 Å². The van der Waals surface area contributed by atoms with Gasteiger partial charge in [-0.25, -0.2) is 0 Å². The fourth-order valence-corrected chi connectivity index (χ4v) is 2.83. The standard InChI is InChI=1S/C14H26O2/c1-2-3-4-5-6-12-7-9-13(10-8-12)11-14(15)16/h12-13H,2-11H2,1H3,(H,15,16). The molecule has 1 N–H and O–H groups in total. The second kappa shape index (κ2) is 7.70. The number of rotatable bonds is 7. The lowest BCUT2D eigenvalue weighted by Gasteiger charge is -2.27. The molecular formula is C14H26O2. The van der Waals surface area contributed by atoms with Crippen molar-refractivity contribution in [2.24, 2.45) is 11.8 Å². The van der Waals surface area contributed by atoms with Crippen LogP contribution in [0.25, 0.3) is 0 Å². The molecule has 2 nitrogen and oxygen atoms in total. The SMILES string of the molecule is CCCCCCC1CCC(CC(=O)O)CC1. The third-order valence-corrected chi connectivity index (χ3v) is 3.90. The molecule has 0 aromatic heterocycles. The van der Waals surface area contributed by atoms with Crippen LogP contribution in [0.5, 0.6) is 0 Å². The zero-order valence-electron chi connectivity index (χ0n) is 10.6. The summed E-state index contributed by atoms with van der Waals surface area (Å²) in [5.41, 5.74) is 0. The van der Waals surface area contributed by atoms with Gasteiger partial charge in [-0.2, -0.15) is 0 Å². The van der Waals surface area contributed by atoms with E-state index in [1.54, 1.807) is 0 Å². The van der Waals surface area contributed by atoms with Gasteiger partial charge in [-0.05, 0) is 24.7 Å². The fourth-order valence-electron chi connectivity index (χ4n) is 2.83.